The van der Waals surface area contributed by atoms with E-state index < -0.39 is 0 Å². The van der Waals surface area contributed by atoms with Crippen molar-refractivity contribution in [3.63, 3.8) is 0 Å². The molecule has 1 aromatic heterocycles. The Morgan fingerprint density at radius 1 is 0.957 bits per heavy atom. The molecule has 3 amide bonds. The van der Waals surface area contributed by atoms with Gasteiger partial charge in [0.25, 0.3) is 11.5 Å². The number of rotatable bonds is 5. The number of nitrogens with one attached hydrogen (secondary N) is 2. The maximum absolute atomic E-state index is 13.3. The highest BCUT2D eigenvalue weighted by Gasteiger charge is 2.29. The first-order chi connectivity index (χ1) is 22.6. The summed E-state index contributed by atoms with van der Waals surface area (Å²) in [4.78, 5) is 53.3. The number of anilines is 1. The van der Waals surface area contributed by atoms with Crippen LogP contribution in [0.4, 0.5) is 5.69 Å². The van der Waals surface area contributed by atoms with Crippen molar-refractivity contribution in [1.82, 2.24) is 24.9 Å². The van der Waals surface area contributed by atoms with Gasteiger partial charge in [0.05, 0.1) is 17.8 Å². The number of piperidine rings is 3. The normalized spacial score (nSPS) is 22.3. The molecule has 1 unspecified atom stereocenters. The summed E-state index contributed by atoms with van der Waals surface area (Å²) in [5.41, 5.74) is 3.86. The van der Waals surface area contributed by atoms with Crippen molar-refractivity contribution < 1.29 is 14.4 Å². The first-order valence-electron chi connectivity index (χ1n) is 16.2. The van der Waals surface area contributed by atoms with E-state index in [9.17, 15) is 19.2 Å². The number of likely N-dealkylation sites (N-methyl/N-ethyl adjacent to an activating group) is 1. The van der Waals surface area contributed by atoms with Gasteiger partial charge in [0.2, 0.25) is 11.8 Å². The minimum absolute atomic E-state index is 0.0418. The molecule has 0 spiro atoms. The fourth-order valence-corrected chi connectivity index (χ4v) is 7.03. The van der Waals surface area contributed by atoms with Gasteiger partial charge in [-0.05, 0) is 74.0 Å². The highest BCUT2D eigenvalue weighted by Crippen LogP contribution is 2.30. The van der Waals surface area contributed by atoms with E-state index in [2.05, 4.69) is 51.7 Å². The van der Waals surface area contributed by atoms with Crippen molar-refractivity contribution >= 4 is 35.0 Å². The molecule has 47 heavy (non-hydrogen) atoms. The molecule has 0 bridgehead atoms. The summed E-state index contributed by atoms with van der Waals surface area (Å²) >= 11 is 6.29. The number of aryl methyl sites for hydroxylation is 1. The molecular formula is C36H39ClN6O4. The number of carbonyl (C=O) groups excluding carboxylic acids is 3. The van der Waals surface area contributed by atoms with Crippen molar-refractivity contribution in [1.29, 1.82) is 0 Å². The maximum atomic E-state index is 13.3. The van der Waals surface area contributed by atoms with E-state index in [-0.39, 0.29) is 52.1 Å². The minimum atomic E-state index is -0.328. The van der Waals surface area contributed by atoms with Gasteiger partial charge in [-0.25, -0.2) is 4.68 Å². The van der Waals surface area contributed by atoms with Crippen LogP contribution in [0.5, 0.6) is 0 Å². The smallest absolute Gasteiger partial charge is 0.287 e. The van der Waals surface area contributed by atoms with Crippen molar-refractivity contribution in [2.24, 2.45) is 13.0 Å². The molecular weight excluding hydrogens is 616 g/mol. The number of imide groups is 1. The summed E-state index contributed by atoms with van der Waals surface area (Å²) in [5.74, 6) is 6.41. The third-order valence-electron chi connectivity index (χ3n) is 9.46. The summed E-state index contributed by atoms with van der Waals surface area (Å²) in [5, 5.41) is 10.1. The molecule has 3 saturated heterocycles. The maximum Gasteiger partial charge on any atom is 0.287 e. The molecule has 3 aliphatic heterocycles. The van der Waals surface area contributed by atoms with Gasteiger partial charge in [-0.1, -0.05) is 47.7 Å². The Morgan fingerprint density at radius 2 is 1.66 bits per heavy atom. The van der Waals surface area contributed by atoms with Crippen LogP contribution in [0.2, 0.25) is 5.02 Å². The molecule has 2 N–H and O–H groups in total. The predicted molar refractivity (Wildman–Crippen MR) is 180 cm³/mol. The molecule has 3 atom stereocenters. The summed E-state index contributed by atoms with van der Waals surface area (Å²) in [6, 6.07) is 15.8. The van der Waals surface area contributed by atoms with Crippen LogP contribution in [0.1, 0.15) is 71.0 Å². The molecule has 3 aromatic rings. The molecule has 0 aliphatic carbocycles. The Morgan fingerprint density at radius 3 is 2.36 bits per heavy atom. The van der Waals surface area contributed by atoms with Crippen LogP contribution in [0.15, 0.2) is 59.5 Å². The van der Waals surface area contributed by atoms with Crippen molar-refractivity contribution in [2.75, 3.05) is 38.5 Å². The molecule has 4 heterocycles. The van der Waals surface area contributed by atoms with Crippen molar-refractivity contribution in [3.8, 4) is 11.8 Å². The monoisotopic (exact) mass is 654 g/mol. The van der Waals surface area contributed by atoms with E-state index in [0.717, 1.165) is 43.5 Å². The Kier molecular flexibility index (Phi) is 9.76. The molecule has 3 fully saturated rings. The summed E-state index contributed by atoms with van der Waals surface area (Å²) in [6.07, 6.45) is 4.98. The second kappa shape index (κ2) is 14.1. The molecule has 0 saturated carbocycles. The summed E-state index contributed by atoms with van der Waals surface area (Å²) in [7, 11) is 3.65. The standard InChI is InChI=1S/C36H39ClN6O4/c1-41-21-28(19-29(22-41)39-31-20-38-42(2)36(47)33(31)37)25-9-11-27(12-10-25)35(46)43-17-15-24(16-18-43)4-3-23-5-7-26(8-6-23)30-13-14-32(44)40-34(30)45/h5-12,20,24,28-30,39H,13-19,21-22H2,1-2H3,(H,40,44,45)/t28-,29+,30?/m0/s1. The number of amides is 3. The first kappa shape index (κ1) is 32.5. The average Bonchev–Trinajstić information content (AvgIpc) is 3.08. The number of hydrogen-bond donors (Lipinski definition) is 2. The van der Waals surface area contributed by atoms with Crippen LogP contribution in [-0.4, -0.2) is 76.6 Å². The van der Waals surface area contributed by atoms with Gasteiger partial charge in [-0.15, -0.1) is 0 Å². The van der Waals surface area contributed by atoms with Crippen LogP contribution < -0.4 is 16.2 Å². The predicted octanol–water partition coefficient (Wildman–Crippen LogP) is 3.76. The third-order valence-corrected chi connectivity index (χ3v) is 9.82. The number of likely N-dealkylation sites (tertiary alicyclic amines) is 2. The summed E-state index contributed by atoms with van der Waals surface area (Å²) < 4.78 is 1.22. The lowest BCUT2D eigenvalue weighted by Gasteiger charge is -2.37. The van der Waals surface area contributed by atoms with Crippen LogP contribution in [0.25, 0.3) is 0 Å². The van der Waals surface area contributed by atoms with Gasteiger partial charge in [0, 0.05) is 62.7 Å². The summed E-state index contributed by atoms with van der Waals surface area (Å²) in [6.45, 7) is 3.03. The van der Waals surface area contributed by atoms with Gasteiger partial charge in [0.15, 0.2) is 0 Å². The topological polar surface area (TPSA) is 117 Å². The molecule has 10 nitrogen and oxygen atoms in total. The Balaban J connectivity index is 1.01. The van der Waals surface area contributed by atoms with Crippen LogP contribution in [0.3, 0.4) is 0 Å². The van der Waals surface area contributed by atoms with Crippen LogP contribution in [0, 0.1) is 17.8 Å². The number of aromatic nitrogens is 2. The van der Waals surface area contributed by atoms with E-state index in [1.807, 2.05) is 41.3 Å². The largest absolute Gasteiger partial charge is 0.378 e. The molecule has 6 rings (SSSR count). The second-order valence-electron chi connectivity index (χ2n) is 12.9. The fraction of sp³-hybridized carbons (Fsp3) is 0.417. The zero-order chi connectivity index (χ0) is 33.1. The number of halogens is 1. The quantitative estimate of drug-likeness (QED) is 0.318. The Labute approximate surface area is 279 Å². The number of nitrogens with zero attached hydrogens (tertiary/aromatic N) is 4. The van der Waals surface area contributed by atoms with Gasteiger partial charge < -0.3 is 15.1 Å². The fourth-order valence-electron chi connectivity index (χ4n) is 6.80. The first-order valence-corrected chi connectivity index (χ1v) is 16.5. The van der Waals surface area contributed by atoms with Gasteiger partial charge >= 0.3 is 0 Å². The molecule has 3 aliphatic rings. The van der Waals surface area contributed by atoms with E-state index in [4.69, 9.17) is 11.6 Å². The van der Waals surface area contributed by atoms with Gasteiger partial charge in [-0.3, -0.25) is 24.5 Å². The third kappa shape index (κ3) is 7.58. The van der Waals surface area contributed by atoms with Gasteiger partial charge in [0.1, 0.15) is 5.02 Å². The molecule has 0 radical (unpaired) electrons. The van der Waals surface area contributed by atoms with E-state index in [1.165, 1.54) is 10.2 Å². The molecule has 244 valence electrons. The van der Waals surface area contributed by atoms with Crippen LogP contribution in [-0.2, 0) is 16.6 Å². The lowest BCUT2D eigenvalue weighted by atomic mass is 9.87. The average molecular weight is 655 g/mol. The molecule has 2 aromatic carbocycles. The van der Waals surface area contributed by atoms with E-state index >= 15 is 0 Å². The lowest BCUT2D eigenvalue weighted by Crippen LogP contribution is -2.43. The van der Waals surface area contributed by atoms with E-state index in [1.54, 1.807) is 13.2 Å². The zero-order valence-corrected chi connectivity index (χ0v) is 27.4. The highest BCUT2D eigenvalue weighted by molar-refractivity contribution is 6.32. The minimum Gasteiger partial charge on any atom is -0.378 e. The Hall–Kier alpha value is -4.46. The highest BCUT2D eigenvalue weighted by atomic mass is 35.5. The lowest BCUT2D eigenvalue weighted by molar-refractivity contribution is -0.134. The van der Waals surface area contributed by atoms with Crippen molar-refractivity contribution in [3.05, 3.63) is 92.4 Å². The number of benzene rings is 2. The number of carbonyl (C=O) groups is 3. The van der Waals surface area contributed by atoms with Gasteiger partial charge in [-0.2, -0.15) is 5.10 Å². The Bertz CT molecular complexity index is 1770. The SMILES string of the molecule is CN1C[C@H](Nc2cnn(C)c(=O)c2Cl)C[C@H](c2ccc(C(=O)N3CCC(C#Cc4ccc(C5CCC(=O)NC5=O)cc4)CC3)cc2)C1. The second-order valence-corrected chi connectivity index (χ2v) is 13.3. The number of hydrogen-bond acceptors (Lipinski definition) is 7. The van der Waals surface area contributed by atoms with E-state index in [0.29, 0.717) is 37.2 Å². The van der Waals surface area contributed by atoms with Crippen LogP contribution >= 0.6 is 11.6 Å². The molecule has 11 heteroatoms. The zero-order valence-electron chi connectivity index (χ0n) is 26.7. The van der Waals surface area contributed by atoms with Crippen molar-refractivity contribution in [2.45, 2.75) is 50.0 Å².